The summed E-state index contributed by atoms with van der Waals surface area (Å²) in [6, 6.07) is 7.07. The van der Waals surface area contributed by atoms with Gasteiger partial charge in [-0.1, -0.05) is 6.07 Å². The maximum Gasteiger partial charge on any atom is 0.280 e. The largest absolute Gasteiger partial charge is 0.353 e. The summed E-state index contributed by atoms with van der Waals surface area (Å²) in [5, 5.41) is 0.960. The Kier molecular flexibility index (Phi) is 4.30. The summed E-state index contributed by atoms with van der Waals surface area (Å²) in [5.74, 6) is 0.856. The van der Waals surface area contributed by atoms with Gasteiger partial charge < -0.3 is 9.88 Å². The molecule has 5 rings (SSSR count). The smallest absolute Gasteiger partial charge is 0.280 e. The van der Waals surface area contributed by atoms with Crippen LogP contribution in [0.15, 0.2) is 43.0 Å². The predicted molar refractivity (Wildman–Crippen MR) is 109 cm³/mol. The highest BCUT2D eigenvalue weighted by atomic mass is 32.2. The van der Waals surface area contributed by atoms with E-state index in [-0.39, 0.29) is 5.54 Å². The van der Waals surface area contributed by atoms with Crippen molar-refractivity contribution in [2.45, 2.75) is 31.3 Å². The van der Waals surface area contributed by atoms with Gasteiger partial charge in [0.2, 0.25) is 0 Å². The molecule has 9 nitrogen and oxygen atoms in total. The average molecular weight is 414 g/mol. The molecule has 0 radical (unpaired) electrons. The zero-order chi connectivity index (χ0) is 20.1. The lowest BCUT2D eigenvalue weighted by Gasteiger charge is -2.42. The van der Waals surface area contributed by atoms with E-state index in [4.69, 9.17) is 0 Å². The molecule has 4 heterocycles. The Morgan fingerprint density at radius 3 is 2.79 bits per heavy atom. The van der Waals surface area contributed by atoms with E-state index in [1.807, 2.05) is 37.4 Å². The van der Waals surface area contributed by atoms with Gasteiger partial charge in [-0.25, -0.2) is 9.97 Å². The summed E-state index contributed by atoms with van der Waals surface area (Å²) in [4.78, 5) is 18.3. The summed E-state index contributed by atoms with van der Waals surface area (Å²) >= 11 is 0. The zero-order valence-corrected chi connectivity index (χ0v) is 16.9. The number of pyridine rings is 1. The molecule has 0 aromatic carbocycles. The monoisotopic (exact) mass is 413 g/mol. The second-order valence-corrected chi connectivity index (χ2v) is 9.38. The molecule has 29 heavy (non-hydrogen) atoms. The number of piperazine rings is 1. The number of H-pyrrole nitrogens is 1. The van der Waals surface area contributed by atoms with Crippen LogP contribution < -0.4 is 9.62 Å². The molecule has 1 unspecified atom stereocenters. The fourth-order valence-electron chi connectivity index (χ4n) is 4.16. The minimum Gasteiger partial charge on any atom is -0.353 e. The predicted octanol–water partition coefficient (Wildman–Crippen LogP) is 1.60. The minimum absolute atomic E-state index is 0.374. The van der Waals surface area contributed by atoms with Crippen LogP contribution in [0.4, 0.5) is 5.82 Å². The van der Waals surface area contributed by atoms with Gasteiger partial charge in [0, 0.05) is 32.0 Å². The number of hydrogen-bond donors (Lipinski definition) is 2. The van der Waals surface area contributed by atoms with Gasteiger partial charge in [-0.3, -0.25) is 4.98 Å². The van der Waals surface area contributed by atoms with Gasteiger partial charge in [0.25, 0.3) is 10.2 Å². The van der Waals surface area contributed by atoms with Gasteiger partial charge >= 0.3 is 0 Å². The molecule has 1 aliphatic heterocycles. The van der Waals surface area contributed by atoms with Crippen molar-refractivity contribution in [2.75, 3.05) is 24.5 Å². The van der Waals surface area contributed by atoms with Gasteiger partial charge in [-0.2, -0.15) is 17.4 Å². The zero-order valence-electron chi connectivity index (χ0n) is 16.1. The number of rotatable bonds is 5. The first kappa shape index (κ1) is 18.5. The number of aromatic amines is 1. The van der Waals surface area contributed by atoms with Crippen molar-refractivity contribution in [3.8, 4) is 0 Å². The van der Waals surface area contributed by atoms with E-state index in [1.54, 1.807) is 16.8 Å². The maximum absolute atomic E-state index is 13.2. The Labute approximate surface area is 169 Å². The molecule has 2 aliphatic rings. The van der Waals surface area contributed by atoms with Crippen LogP contribution >= 0.6 is 0 Å². The standard InChI is InChI=1S/C19H23N7O2S/c1-14(16-4-2-3-8-20-16)24-29(27,28)26-11-10-25(12-19(26)6-7-19)18-15-5-9-21-17(15)22-13-23-18/h2-5,8-9,13-14,24H,6-7,10-12H2,1H3,(H,21,22,23). The number of aromatic nitrogens is 4. The van der Waals surface area contributed by atoms with Crippen molar-refractivity contribution in [2.24, 2.45) is 0 Å². The van der Waals surface area contributed by atoms with E-state index in [0.29, 0.717) is 25.3 Å². The first-order valence-corrected chi connectivity index (χ1v) is 11.2. The third kappa shape index (κ3) is 3.26. The summed E-state index contributed by atoms with van der Waals surface area (Å²) < 4.78 is 30.8. The molecule has 0 bridgehead atoms. The Bertz CT molecular complexity index is 1130. The molecule has 1 saturated carbocycles. The fraction of sp³-hybridized carbons (Fsp3) is 0.421. The number of hydrogen-bond acceptors (Lipinski definition) is 6. The molecule has 1 aliphatic carbocycles. The van der Waals surface area contributed by atoms with Crippen molar-refractivity contribution in [1.82, 2.24) is 29.0 Å². The number of anilines is 1. The molecule has 2 N–H and O–H groups in total. The van der Waals surface area contributed by atoms with Crippen molar-refractivity contribution in [1.29, 1.82) is 0 Å². The summed E-state index contributed by atoms with van der Waals surface area (Å²) in [5.41, 5.74) is 1.12. The lowest BCUT2D eigenvalue weighted by molar-refractivity contribution is 0.265. The van der Waals surface area contributed by atoms with Gasteiger partial charge in [-0.05, 0) is 38.0 Å². The second-order valence-electron chi connectivity index (χ2n) is 7.75. The van der Waals surface area contributed by atoms with Crippen LogP contribution in [0.1, 0.15) is 31.5 Å². The quantitative estimate of drug-likeness (QED) is 0.658. The van der Waals surface area contributed by atoms with Gasteiger partial charge in [-0.15, -0.1) is 0 Å². The van der Waals surface area contributed by atoms with Crippen LogP contribution in [0.25, 0.3) is 11.0 Å². The Morgan fingerprint density at radius 2 is 2.03 bits per heavy atom. The molecule has 3 aromatic rings. The third-order valence-electron chi connectivity index (χ3n) is 5.79. The highest BCUT2D eigenvalue weighted by Gasteiger charge is 2.56. The Balaban J connectivity index is 1.36. The van der Waals surface area contributed by atoms with Gasteiger partial charge in [0.1, 0.15) is 17.8 Å². The van der Waals surface area contributed by atoms with Crippen molar-refractivity contribution >= 4 is 27.1 Å². The van der Waals surface area contributed by atoms with Gasteiger partial charge in [0.15, 0.2) is 0 Å². The second kappa shape index (κ2) is 6.75. The van der Waals surface area contributed by atoms with Crippen LogP contribution in [-0.4, -0.2) is 57.8 Å². The van der Waals surface area contributed by atoms with E-state index in [1.165, 1.54) is 0 Å². The lowest BCUT2D eigenvalue weighted by Crippen LogP contribution is -2.59. The van der Waals surface area contributed by atoms with Crippen LogP contribution in [-0.2, 0) is 10.2 Å². The molecule has 152 valence electrons. The topological polar surface area (TPSA) is 107 Å². The van der Waals surface area contributed by atoms with Crippen LogP contribution in [0, 0.1) is 0 Å². The molecule has 3 aromatic heterocycles. The molecule has 10 heteroatoms. The van der Waals surface area contributed by atoms with E-state index in [2.05, 4.69) is 29.6 Å². The normalized spacial score (nSPS) is 20.2. The summed E-state index contributed by atoms with van der Waals surface area (Å²) in [6.07, 6.45) is 6.77. The minimum atomic E-state index is -3.64. The molecule has 1 spiro atoms. The van der Waals surface area contributed by atoms with E-state index in [9.17, 15) is 8.42 Å². The number of nitrogens with zero attached hydrogens (tertiary/aromatic N) is 5. The van der Waals surface area contributed by atoms with Crippen molar-refractivity contribution in [3.05, 3.63) is 48.7 Å². The molecule has 1 saturated heterocycles. The fourth-order valence-corrected chi connectivity index (χ4v) is 5.93. The molecule has 0 amide bonds. The van der Waals surface area contributed by atoms with Crippen LogP contribution in [0.3, 0.4) is 0 Å². The molecule has 2 fully saturated rings. The van der Waals surface area contributed by atoms with Crippen LogP contribution in [0.2, 0.25) is 0 Å². The van der Waals surface area contributed by atoms with E-state index >= 15 is 0 Å². The van der Waals surface area contributed by atoms with E-state index < -0.39 is 16.3 Å². The lowest BCUT2D eigenvalue weighted by atomic mass is 10.2. The van der Waals surface area contributed by atoms with E-state index in [0.717, 1.165) is 29.7 Å². The maximum atomic E-state index is 13.2. The number of nitrogens with one attached hydrogen (secondary N) is 2. The third-order valence-corrected chi connectivity index (χ3v) is 7.60. The Morgan fingerprint density at radius 1 is 1.17 bits per heavy atom. The SMILES string of the molecule is CC(NS(=O)(=O)N1CCN(c2ncnc3[nH]ccc23)CC12CC2)c1ccccn1. The summed E-state index contributed by atoms with van der Waals surface area (Å²) in [6.45, 7) is 3.44. The molecule has 1 atom stereocenters. The Hall–Kier alpha value is -2.56. The number of fused-ring (bicyclic) bond motifs is 1. The first-order valence-electron chi connectivity index (χ1n) is 9.73. The summed E-state index contributed by atoms with van der Waals surface area (Å²) in [7, 11) is -3.64. The highest BCUT2D eigenvalue weighted by molar-refractivity contribution is 7.87. The van der Waals surface area contributed by atoms with Crippen LogP contribution in [0.5, 0.6) is 0 Å². The van der Waals surface area contributed by atoms with Gasteiger partial charge in [0.05, 0.1) is 22.7 Å². The highest BCUT2D eigenvalue weighted by Crippen LogP contribution is 2.46. The van der Waals surface area contributed by atoms with Crippen molar-refractivity contribution in [3.63, 3.8) is 0 Å². The first-order chi connectivity index (χ1) is 14.0. The van der Waals surface area contributed by atoms with Crippen molar-refractivity contribution < 1.29 is 8.42 Å². The average Bonchev–Trinajstić information content (AvgIpc) is 3.29. The molecular formula is C19H23N7O2S. The molecular weight excluding hydrogens is 390 g/mol.